The molecule has 2 rings (SSSR count). The molecule has 98 valence electrons. The summed E-state index contributed by atoms with van der Waals surface area (Å²) in [5.41, 5.74) is 2.66. The fourth-order valence-electron chi connectivity index (χ4n) is 2.60. The van der Waals surface area contributed by atoms with Gasteiger partial charge in [-0.2, -0.15) is 0 Å². The molecule has 18 heavy (non-hydrogen) atoms. The van der Waals surface area contributed by atoms with Gasteiger partial charge in [-0.15, -0.1) is 0 Å². The summed E-state index contributed by atoms with van der Waals surface area (Å²) < 4.78 is 11.1. The van der Waals surface area contributed by atoms with Crippen molar-refractivity contribution in [2.45, 2.75) is 47.5 Å². The molecule has 0 aliphatic heterocycles. The second kappa shape index (κ2) is 5.05. The van der Waals surface area contributed by atoms with Crippen molar-refractivity contribution < 1.29 is 8.83 Å². The van der Waals surface area contributed by atoms with Crippen LogP contribution in [0.3, 0.4) is 0 Å². The van der Waals surface area contributed by atoms with E-state index < -0.39 is 0 Å². The van der Waals surface area contributed by atoms with E-state index in [-0.39, 0.29) is 0 Å². The number of furan rings is 2. The summed E-state index contributed by atoms with van der Waals surface area (Å²) in [6, 6.07) is 4.30. The van der Waals surface area contributed by atoms with Crippen LogP contribution in [0.15, 0.2) is 21.0 Å². The maximum Gasteiger partial charge on any atom is 0.104 e. The fourth-order valence-corrected chi connectivity index (χ4v) is 2.60. The van der Waals surface area contributed by atoms with Crippen LogP contribution in [0, 0.1) is 33.6 Å². The summed E-state index contributed by atoms with van der Waals surface area (Å²) in [5.74, 6) is 4.71. The lowest BCUT2D eigenvalue weighted by Gasteiger charge is -2.09. The van der Waals surface area contributed by atoms with E-state index in [1.54, 1.807) is 0 Å². The summed E-state index contributed by atoms with van der Waals surface area (Å²) >= 11 is 0. The van der Waals surface area contributed by atoms with E-state index in [2.05, 4.69) is 19.1 Å². The maximum atomic E-state index is 5.57. The Kier molecular flexibility index (Phi) is 3.65. The topological polar surface area (TPSA) is 26.3 Å². The van der Waals surface area contributed by atoms with Crippen molar-refractivity contribution in [1.29, 1.82) is 0 Å². The molecule has 2 aromatic heterocycles. The van der Waals surface area contributed by atoms with Crippen LogP contribution in [0.5, 0.6) is 0 Å². The van der Waals surface area contributed by atoms with Gasteiger partial charge in [-0.05, 0) is 69.7 Å². The van der Waals surface area contributed by atoms with Crippen molar-refractivity contribution >= 4 is 0 Å². The van der Waals surface area contributed by atoms with E-state index in [0.29, 0.717) is 5.92 Å². The maximum absolute atomic E-state index is 5.57. The molecule has 0 aliphatic rings. The molecular weight excluding hydrogens is 224 g/mol. The zero-order valence-corrected chi connectivity index (χ0v) is 12.0. The molecule has 0 unspecified atom stereocenters. The van der Waals surface area contributed by atoms with Gasteiger partial charge in [-0.3, -0.25) is 0 Å². The van der Waals surface area contributed by atoms with Crippen molar-refractivity contribution in [2.24, 2.45) is 5.92 Å². The van der Waals surface area contributed by atoms with Crippen LogP contribution in [0.25, 0.3) is 0 Å². The van der Waals surface area contributed by atoms with Crippen LogP contribution >= 0.6 is 0 Å². The Labute approximate surface area is 109 Å². The predicted molar refractivity (Wildman–Crippen MR) is 72.9 cm³/mol. The van der Waals surface area contributed by atoms with Gasteiger partial charge in [0.1, 0.15) is 23.0 Å². The van der Waals surface area contributed by atoms with E-state index in [9.17, 15) is 0 Å². The molecule has 0 amide bonds. The highest BCUT2D eigenvalue weighted by Gasteiger charge is 2.13. The first kappa shape index (κ1) is 13.0. The Bertz CT molecular complexity index is 483. The molecule has 0 atom stereocenters. The second-order valence-electron chi connectivity index (χ2n) is 5.39. The Morgan fingerprint density at radius 2 is 1.22 bits per heavy atom. The van der Waals surface area contributed by atoms with Crippen LogP contribution in [0.1, 0.15) is 41.1 Å². The molecule has 0 aliphatic carbocycles. The summed E-state index contributed by atoms with van der Waals surface area (Å²) in [6.45, 7) is 10.4. The third kappa shape index (κ3) is 2.87. The van der Waals surface area contributed by atoms with Gasteiger partial charge in [0.2, 0.25) is 0 Å². The highest BCUT2D eigenvalue weighted by Crippen LogP contribution is 2.22. The number of hydrogen-bond donors (Lipinski definition) is 0. The molecular formula is C16H22O2. The number of hydrogen-bond acceptors (Lipinski definition) is 2. The summed E-state index contributed by atoms with van der Waals surface area (Å²) in [4.78, 5) is 0. The molecule has 0 fully saturated rings. The number of rotatable bonds is 4. The Balaban J connectivity index is 2.03. The quantitative estimate of drug-likeness (QED) is 0.792. The van der Waals surface area contributed by atoms with Crippen molar-refractivity contribution in [3.05, 3.63) is 46.3 Å². The third-order valence-corrected chi connectivity index (χ3v) is 3.42. The highest BCUT2D eigenvalue weighted by molar-refractivity contribution is 5.23. The van der Waals surface area contributed by atoms with Gasteiger partial charge in [0.15, 0.2) is 0 Å². The Morgan fingerprint density at radius 1 is 0.833 bits per heavy atom. The van der Waals surface area contributed by atoms with Crippen LogP contribution < -0.4 is 0 Å². The molecule has 0 radical (unpaired) electrons. The van der Waals surface area contributed by atoms with Crippen molar-refractivity contribution in [1.82, 2.24) is 0 Å². The monoisotopic (exact) mass is 246 g/mol. The Hall–Kier alpha value is -1.44. The summed E-state index contributed by atoms with van der Waals surface area (Å²) in [5, 5.41) is 0. The zero-order valence-electron chi connectivity index (χ0n) is 12.0. The molecule has 2 heterocycles. The van der Waals surface area contributed by atoms with Gasteiger partial charge in [0.25, 0.3) is 0 Å². The minimum absolute atomic E-state index is 0.594. The molecule has 2 heteroatoms. The van der Waals surface area contributed by atoms with Crippen LogP contribution in [0.2, 0.25) is 0 Å². The van der Waals surface area contributed by atoms with Gasteiger partial charge in [0.05, 0.1) is 0 Å². The third-order valence-electron chi connectivity index (χ3n) is 3.42. The smallest absolute Gasteiger partial charge is 0.104 e. The first-order valence-electron chi connectivity index (χ1n) is 6.57. The summed E-state index contributed by atoms with van der Waals surface area (Å²) in [6.07, 6.45) is 2.12. The van der Waals surface area contributed by atoms with E-state index in [4.69, 9.17) is 8.83 Å². The standard InChI is InChI=1S/C16H22O2/c1-10(6-15-8-11(2)17-13(15)4)7-16-9-12(3)18-14(16)5/h8-10H,6-7H2,1-5H3. The van der Waals surface area contributed by atoms with E-state index in [0.717, 1.165) is 35.9 Å². The van der Waals surface area contributed by atoms with Crippen molar-refractivity contribution in [3.8, 4) is 0 Å². The molecule has 2 aromatic rings. The SMILES string of the molecule is Cc1cc(CC(C)Cc2cc(C)oc2C)c(C)o1. The Morgan fingerprint density at radius 3 is 1.50 bits per heavy atom. The zero-order chi connectivity index (χ0) is 13.3. The van der Waals surface area contributed by atoms with E-state index in [1.807, 2.05) is 27.7 Å². The number of aryl methyl sites for hydroxylation is 4. The normalized spacial score (nSPS) is 11.4. The first-order chi connectivity index (χ1) is 8.45. The van der Waals surface area contributed by atoms with Gasteiger partial charge in [-0.25, -0.2) is 0 Å². The second-order valence-corrected chi connectivity index (χ2v) is 5.39. The molecule has 0 saturated carbocycles. The van der Waals surface area contributed by atoms with Gasteiger partial charge < -0.3 is 8.83 Å². The average molecular weight is 246 g/mol. The minimum atomic E-state index is 0.594. The lowest BCUT2D eigenvalue weighted by atomic mass is 9.94. The van der Waals surface area contributed by atoms with Gasteiger partial charge in [0, 0.05) is 0 Å². The molecule has 0 bridgehead atoms. The molecule has 2 nitrogen and oxygen atoms in total. The first-order valence-corrected chi connectivity index (χ1v) is 6.57. The van der Waals surface area contributed by atoms with Crippen LogP contribution in [-0.4, -0.2) is 0 Å². The largest absolute Gasteiger partial charge is 0.466 e. The predicted octanol–water partition coefficient (Wildman–Crippen LogP) is 4.53. The van der Waals surface area contributed by atoms with Crippen molar-refractivity contribution in [3.63, 3.8) is 0 Å². The van der Waals surface area contributed by atoms with Crippen LogP contribution in [-0.2, 0) is 12.8 Å². The molecule has 0 spiro atoms. The van der Waals surface area contributed by atoms with Crippen LogP contribution in [0.4, 0.5) is 0 Å². The summed E-state index contributed by atoms with van der Waals surface area (Å²) in [7, 11) is 0. The van der Waals surface area contributed by atoms with Crippen molar-refractivity contribution in [2.75, 3.05) is 0 Å². The lowest BCUT2D eigenvalue weighted by molar-refractivity contribution is 0.487. The van der Waals surface area contributed by atoms with E-state index >= 15 is 0 Å². The van der Waals surface area contributed by atoms with E-state index in [1.165, 1.54) is 11.1 Å². The molecule has 0 aromatic carbocycles. The lowest BCUT2D eigenvalue weighted by Crippen LogP contribution is -2.04. The fraction of sp³-hybridized carbons (Fsp3) is 0.500. The highest BCUT2D eigenvalue weighted by atomic mass is 16.3. The minimum Gasteiger partial charge on any atom is -0.466 e. The van der Waals surface area contributed by atoms with Gasteiger partial charge >= 0.3 is 0 Å². The molecule has 0 N–H and O–H groups in total. The van der Waals surface area contributed by atoms with Gasteiger partial charge in [-0.1, -0.05) is 6.92 Å². The molecule has 0 saturated heterocycles. The average Bonchev–Trinajstić information content (AvgIpc) is 2.71.